The fraction of sp³-hybridized carbons (Fsp3) is 0.850. The van der Waals surface area contributed by atoms with Crippen LogP contribution in [-0.4, -0.2) is 63.9 Å². The van der Waals surface area contributed by atoms with Gasteiger partial charge in [-0.3, -0.25) is 4.79 Å². The van der Waals surface area contributed by atoms with Crippen molar-refractivity contribution in [3.63, 3.8) is 0 Å². The van der Waals surface area contributed by atoms with Crippen molar-refractivity contribution < 1.29 is 43.5 Å². The normalized spacial score (nSPS) is 59.2. The predicted molar refractivity (Wildman–Crippen MR) is 90.6 cm³/mol. The number of fused-ring (bicyclic) bond motifs is 1. The van der Waals surface area contributed by atoms with Crippen molar-refractivity contribution in [1.29, 1.82) is 0 Å². The Labute approximate surface area is 166 Å². The van der Waals surface area contributed by atoms with E-state index in [2.05, 4.69) is 0 Å². The van der Waals surface area contributed by atoms with Gasteiger partial charge in [-0.25, -0.2) is 9.59 Å². The highest BCUT2D eigenvalue weighted by Gasteiger charge is 3.01. The van der Waals surface area contributed by atoms with Gasteiger partial charge >= 0.3 is 17.9 Å². The molecule has 2 N–H and O–H groups in total. The number of carbonyl (C=O) groups excluding carboxylic acids is 3. The van der Waals surface area contributed by atoms with Crippen LogP contribution in [0.3, 0.4) is 0 Å². The van der Waals surface area contributed by atoms with Gasteiger partial charge in [0, 0.05) is 6.42 Å². The molecule has 4 heterocycles. The lowest BCUT2D eigenvalue weighted by molar-refractivity contribution is -0.238. The second-order valence-corrected chi connectivity index (χ2v) is 10.6. The van der Waals surface area contributed by atoms with Crippen molar-refractivity contribution in [1.82, 2.24) is 0 Å². The standard InChI is InChI=1S/C20H24O9/c1-7-12(22)26-10-6-17-9-5-8(16(2,3)4)18(17)11(21)13(23)28-15(18)29-20(17,14(24)27-9)19(7,10)25/h7-11,15,21,25H,5-6H2,1-4H3/t7?,8?,9?,10?,11?,15?,17?,18-,19+,20+/m0/s1. The third kappa shape index (κ3) is 1.35. The molecule has 0 aromatic carbocycles. The average molecular weight is 408 g/mol. The lowest BCUT2D eigenvalue weighted by Gasteiger charge is -2.46. The molecule has 2 saturated carbocycles. The molecule has 6 rings (SSSR count). The second kappa shape index (κ2) is 4.48. The lowest BCUT2D eigenvalue weighted by Crippen LogP contribution is -2.66. The Bertz CT molecular complexity index is 893. The Hall–Kier alpha value is -1.71. The van der Waals surface area contributed by atoms with E-state index in [9.17, 15) is 24.6 Å². The Morgan fingerprint density at radius 1 is 1.03 bits per heavy atom. The summed E-state index contributed by atoms with van der Waals surface area (Å²) in [5.74, 6) is -3.52. The fourth-order valence-corrected chi connectivity index (χ4v) is 8.06. The minimum atomic E-state index is -1.97. The Balaban J connectivity index is 1.68. The molecule has 29 heavy (non-hydrogen) atoms. The number of hydrogen-bond acceptors (Lipinski definition) is 9. The van der Waals surface area contributed by atoms with Crippen LogP contribution in [0, 0.1) is 28.1 Å². The first-order valence-corrected chi connectivity index (χ1v) is 10.1. The number of esters is 3. The molecule has 0 amide bonds. The first-order chi connectivity index (χ1) is 13.4. The van der Waals surface area contributed by atoms with Crippen LogP contribution >= 0.6 is 0 Å². The minimum absolute atomic E-state index is 0.0623. The fourth-order valence-electron chi connectivity index (χ4n) is 8.06. The first kappa shape index (κ1) is 18.1. The SMILES string of the molecule is CC1C(=O)OC2CC34C5CC(C(C)(C)C)[C@]36C(OC(=O)C6O)O[C@@]4(C(=O)O5)[C@]21O. The molecule has 9 heteroatoms. The van der Waals surface area contributed by atoms with Gasteiger partial charge in [-0.2, -0.15) is 0 Å². The summed E-state index contributed by atoms with van der Waals surface area (Å²) in [6.45, 7) is 7.47. The van der Waals surface area contributed by atoms with Crippen LogP contribution < -0.4 is 0 Å². The maximum atomic E-state index is 13.3. The van der Waals surface area contributed by atoms with E-state index in [1.54, 1.807) is 0 Å². The molecule has 4 saturated heterocycles. The molecule has 4 aliphatic heterocycles. The van der Waals surface area contributed by atoms with Gasteiger partial charge in [-0.1, -0.05) is 20.8 Å². The zero-order valence-corrected chi connectivity index (χ0v) is 16.6. The van der Waals surface area contributed by atoms with Crippen molar-refractivity contribution in [2.24, 2.45) is 28.1 Å². The molecule has 0 aromatic rings. The topological polar surface area (TPSA) is 129 Å². The van der Waals surface area contributed by atoms with Gasteiger partial charge < -0.3 is 29.2 Å². The van der Waals surface area contributed by atoms with Crippen LogP contribution in [-0.2, 0) is 33.3 Å². The van der Waals surface area contributed by atoms with Gasteiger partial charge in [-0.05, 0) is 24.7 Å². The van der Waals surface area contributed by atoms with Crippen LogP contribution in [0.2, 0.25) is 0 Å². The molecule has 7 unspecified atom stereocenters. The maximum absolute atomic E-state index is 13.3. The van der Waals surface area contributed by atoms with E-state index in [4.69, 9.17) is 18.9 Å². The molecule has 2 aliphatic carbocycles. The smallest absolute Gasteiger partial charge is 0.342 e. The number of rotatable bonds is 0. The molecule has 158 valence electrons. The van der Waals surface area contributed by atoms with Gasteiger partial charge in [0.25, 0.3) is 0 Å². The number of carbonyl (C=O) groups is 3. The van der Waals surface area contributed by atoms with Gasteiger partial charge in [0.05, 0.1) is 16.7 Å². The summed E-state index contributed by atoms with van der Waals surface area (Å²) in [7, 11) is 0. The Morgan fingerprint density at radius 3 is 2.38 bits per heavy atom. The molecule has 2 spiro atoms. The summed E-state index contributed by atoms with van der Waals surface area (Å²) in [6, 6.07) is 0. The highest BCUT2D eigenvalue weighted by atomic mass is 16.8. The van der Waals surface area contributed by atoms with E-state index in [-0.39, 0.29) is 17.8 Å². The van der Waals surface area contributed by atoms with Gasteiger partial charge in [-0.15, -0.1) is 0 Å². The maximum Gasteiger partial charge on any atom is 0.342 e. The van der Waals surface area contributed by atoms with Crippen LogP contribution in [0.5, 0.6) is 0 Å². The number of hydrogen-bond donors (Lipinski definition) is 2. The molecule has 0 aromatic heterocycles. The van der Waals surface area contributed by atoms with E-state index in [0.29, 0.717) is 6.42 Å². The van der Waals surface area contributed by atoms with E-state index < -0.39 is 70.5 Å². The van der Waals surface area contributed by atoms with E-state index in [1.807, 2.05) is 20.8 Å². The monoisotopic (exact) mass is 408 g/mol. The van der Waals surface area contributed by atoms with Crippen LogP contribution in [0.4, 0.5) is 0 Å². The molecule has 0 bridgehead atoms. The molecule has 6 aliphatic rings. The molecular formula is C20H24O9. The van der Waals surface area contributed by atoms with Crippen molar-refractivity contribution in [3.8, 4) is 0 Å². The molecule has 6 fully saturated rings. The minimum Gasteiger partial charge on any atom is -0.459 e. The summed E-state index contributed by atoms with van der Waals surface area (Å²) in [6.07, 6.45) is -3.96. The van der Waals surface area contributed by atoms with Crippen molar-refractivity contribution in [2.45, 2.75) is 76.3 Å². The predicted octanol–water partition coefficient (Wildman–Crippen LogP) is -0.340. The quantitative estimate of drug-likeness (QED) is 0.408. The van der Waals surface area contributed by atoms with Crippen molar-refractivity contribution >= 4 is 17.9 Å². The third-order valence-corrected chi connectivity index (χ3v) is 8.97. The van der Waals surface area contributed by atoms with Gasteiger partial charge in [0.1, 0.15) is 12.2 Å². The van der Waals surface area contributed by atoms with Crippen LogP contribution in [0.1, 0.15) is 40.5 Å². The lowest BCUT2D eigenvalue weighted by atomic mass is 9.51. The van der Waals surface area contributed by atoms with Crippen LogP contribution in [0.15, 0.2) is 0 Å². The number of ether oxygens (including phenoxy) is 4. The highest BCUT2D eigenvalue weighted by molar-refractivity contribution is 5.93. The van der Waals surface area contributed by atoms with Crippen LogP contribution in [0.25, 0.3) is 0 Å². The van der Waals surface area contributed by atoms with E-state index in [0.717, 1.165) is 0 Å². The summed E-state index contributed by atoms with van der Waals surface area (Å²) in [4.78, 5) is 38.1. The largest absolute Gasteiger partial charge is 0.459 e. The molecule has 9 nitrogen and oxygen atoms in total. The summed E-state index contributed by atoms with van der Waals surface area (Å²) in [5, 5.41) is 23.0. The zero-order valence-electron chi connectivity index (χ0n) is 16.6. The highest BCUT2D eigenvalue weighted by Crippen LogP contribution is 2.84. The molecule has 0 radical (unpaired) electrons. The van der Waals surface area contributed by atoms with Crippen molar-refractivity contribution in [2.75, 3.05) is 0 Å². The van der Waals surface area contributed by atoms with E-state index >= 15 is 0 Å². The van der Waals surface area contributed by atoms with E-state index in [1.165, 1.54) is 6.92 Å². The Morgan fingerprint density at radius 2 is 1.72 bits per heavy atom. The number of aliphatic hydroxyl groups excluding tert-OH is 1. The summed E-state index contributed by atoms with van der Waals surface area (Å²) in [5.41, 5.74) is -6.81. The van der Waals surface area contributed by atoms with Crippen molar-refractivity contribution in [3.05, 3.63) is 0 Å². The zero-order chi connectivity index (χ0) is 20.9. The van der Waals surface area contributed by atoms with Gasteiger partial charge in [0.2, 0.25) is 11.9 Å². The third-order valence-electron chi connectivity index (χ3n) is 8.97. The van der Waals surface area contributed by atoms with Gasteiger partial charge in [0.15, 0.2) is 11.7 Å². The number of aliphatic hydroxyl groups is 2. The second-order valence-electron chi connectivity index (χ2n) is 10.6. The summed E-state index contributed by atoms with van der Waals surface area (Å²) >= 11 is 0. The Kier molecular flexibility index (Phi) is 2.79. The molecule has 10 atom stereocenters. The molecular weight excluding hydrogens is 384 g/mol. The summed E-state index contributed by atoms with van der Waals surface area (Å²) < 4.78 is 22.9. The average Bonchev–Trinajstić information content (AvgIpc) is 3.31. The first-order valence-electron chi connectivity index (χ1n) is 10.1.